The quantitative estimate of drug-likeness (QED) is 0.541. The fourth-order valence-corrected chi connectivity index (χ4v) is 4.00. The van der Waals surface area contributed by atoms with Crippen molar-refractivity contribution in [2.24, 2.45) is 0 Å². The number of hydrogen-bond acceptors (Lipinski definition) is 5. The highest BCUT2D eigenvalue weighted by Gasteiger charge is 2.41. The van der Waals surface area contributed by atoms with E-state index in [2.05, 4.69) is 15.4 Å². The van der Waals surface area contributed by atoms with Crippen LogP contribution in [0.15, 0.2) is 36.7 Å². The fraction of sp³-hybridized carbons (Fsp3) is 0.364. The Hall–Kier alpha value is -3.77. The summed E-state index contributed by atoms with van der Waals surface area (Å²) in [6.07, 6.45) is -5.33. The molecule has 3 heterocycles. The van der Waals surface area contributed by atoms with Crippen LogP contribution in [0.5, 0.6) is 0 Å². The molecule has 0 unspecified atom stereocenters. The lowest BCUT2D eigenvalue weighted by Gasteiger charge is -2.22. The van der Waals surface area contributed by atoms with E-state index in [4.69, 9.17) is 5.73 Å². The molecule has 1 aliphatic rings. The summed E-state index contributed by atoms with van der Waals surface area (Å²) in [6.45, 7) is 1.55. The topological polar surface area (TPSA) is 106 Å². The standard InChI is InChI=1S/C22H21F5N6O2/c1-21(2,24)20(35)32-8-14(23)15(9-32)31-19(34)12-5-3-4-11(6-12)16-7-13(22(25,26)27)17-18(28)29-10-30-33(16)17/h3-7,10,14-15H,8-9H2,1-2H3,(H,31,34)(H2,28,29,30)/t14-,15+/m0/s1. The molecule has 0 saturated carbocycles. The van der Waals surface area contributed by atoms with E-state index in [0.717, 1.165) is 35.7 Å². The van der Waals surface area contributed by atoms with Crippen LogP contribution in [0.3, 0.4) is 0 Å². The van der Waals surface area contributed by atoms with Gasteiger partial charge in [0.1, 0.15) is 18.0 Å². The number of nitrogens with zero attached hydrogens (tertiary/aromatic N) is 4. The van der Waals surface area contributed by atoms with Crippen molar-refractivity contribution in [1.82, 2.24) is 24.8 Å². The first kappa shape index (κ1) is 24.4. The number of aromatic nitrogens is 3. The summed E-state index contributed by atoms with van der Waals surface area (Å²) in [4.78, 5) is 29.5. The number of benzene rings is 1. The van der Waals surface area contributed by atoms with Crippen molar-refractivity contribution >= 4 is 23.1 Å². The van der Waals surface area contributed by atoms with Crippen molar-refractivity contribution in [3.63, 3.8) is 0 Å². The zero-order chi connectivity index (χ0) is 25.7. The Morgan fingerprint density at radius 2 is 1.86 bits per heavy atom. The number of rotatable bonds is 4. The van der Waals surface area contributed by atoms with E-state index in [1.165, 1.54) is 24.3 Å². The highest BCUT2D eigenvalue weighted by Crippen LogP contribution is 2.38. The van der Waals surface area contributed by atoms with E-state index >= 15 is 0 Å². The molecule has 0 bridgehead atoms. The lowest BCUT2D eigenvalue weighted by Crippen LogP contribution is -2.44. The first-order chi connectivity index (χ1) is 16.3. The molecule has 1 fully saturated rings. The van der Waals surface area contributed by atoms with E-state index in [9.17, 15) is 31.5 Å². The number of nitrogens with one attached hydrogen (secondary N) is 1. The van der Waals surface area contributed by atoms with Gasteiger partial charge in [-0.25, -0.2) is 18.3 Å². The van der Waals surface area contributed by atoms with Crippen molar-refractivity contribution in [2.75, 3.05) is 18.8 Å². The van der Waals surface area contributed by atoms with Gasteiger partial charge in [0.15, 0.2) is 11.5 Å². The number of halogens is 5. The number of alkyl halides is 5. The van der Waals surface area contributed by atoms with Crippen LogP contribution < -0.4 is 11.1 Å². The van der Waals surface area contributed by atoms with E-state index in [-0.39, 0.29) is 35.7 Å². The third-order valence-electron chi connectivity index (χ3n) is 5.67. The second-order valence-corrected chi connectivity index (χ2v) is 8.71. The maximum atomic E-state index is 14.5. The number of carbonyl (C=O) groups excluding carboxylic acids is 2. The molecule has 2 aromatic heterocycles. The number of likely N-dealkylation sites (tertiary alicyclic amines) is 1. The molecular formula is C22H21F5N6O2. The SMILES string of the molecule is CC(C)(F)C(=O)N1C[C@H](F)[C@H](NC(=O)c2cccc(-c3cc(C(F)(F)F)c4c(N)ncnn34)c2)C1. The van der Waals surface area contributed by atoms with Crippen molar-refractivity contribution < 1.29 is 31.5 Å². The maximum absolute atomic E-state index is 14.5. The van der Waals surface area contributed by atoms with Crippen LogP contribution in [0.1, 0.15) is 29.8 Å². The summed E-state index contributed by atoms with van der Waals surface area (Å²) in [5, 5.41) is 6.35. The minimum atomic E-state index is -4.73. The van der Waals surface area contributed by atoms with Crippen molar-refractivity contribution in [3.8, 4) is 11.3 Å². The molecule has 3 N–H and O–H groups in total. The summed E-state index contributed by atoms with van der Waals surface area (Å²) >= 11 is 0. The van der Waals surface area contributed by atoms with Gasteiger partial charge in [0.25, 0.3) is 11.8 Å². The maximum Gasteiger partial charge on any atom is 0.418 e. The highest BCUT2D eigenvalue weighted by molar-refractivity contribution is 5.96. The van der Waals surface area contributed by atoms with E-state index in [0.29, 0.717) is 0 Å². The molecule has 0 aliphatic carbocycles. The summed E-state index contributed by atoms with van der Waals surface area (Å²) in [7, 11) is 0. The molecule has 1 aliphatic heterocycles. The summed E-state index contributed by atoms with van der Waals surface area (Å²) in [6, 6.07) is 5.44. The first-order valence-corrected chi connectivity index (χ1v) is 10.5. The van der Waals surface area contributed by atoms with Crippen LogP contribution >= 0.6 is 0 Å². The van der Waals surface area contributed by atoms with Crippen LogP contribution in [0.2, 0.25) is 0 Å². The third kappa shape index (κ3) is 4.62. The van der Waals surface area contributed by atoms with E-state index in [1.807, 2.05) is 0 Å². The molecule has 186 valence electrons. The summed E-state index contributed by atoms with van der Waals surface area (Å²) in [5.74, 6) is -1.96. The van der Waals surface area contributed by atoms with Crippen LogP contribution in [0, 0.1) is 0 Å². The van der Waals surface area contributed by atoms with Gasteiger partial charge in [-0.2, -0.15) is 18.3 Å². The molecule has 13 heteroatoms. The molecule has 0 radical (unpaired) electrons. The van der Waals surface area contributed by atoms with Gasteiger partial charge in [0.05, 0.1) is 23.8 Å². The molecule has 3 aromatic rings. The molecule has 1 saturated heterocycles. The van der Waals surface area contributed by atoms with Gasteiger partial charge in [-0.05, 0) is 32.0 Å². The number of carbonyl (C=O) groups is 2. The molecule has 4 rings (SSSR count). The zero-order valence-corrected chi connectivity index (χ0v) is 18.6. The van der Waals surface area contributed by atoms with E-state index in [1.54, 1.807) is 0 Å². The smallest absolute Gasteiger partial charge is 0.382 e. The minimum Gasteiger partial charge on any atom is -0.382 e. The second-order valence-electron chi connectivity index (χ2n) is 8.71. The number of anilines is 1. The molecule has 8 nitrogen and oxygen atoms in total. The van der Waals surface area contributed by atoms with Crippen LogP contribution in [0.25, 0.3) is 16.8 Å². The second kappa shape index (κ2) is 8.47. The zero-order valence-electron chi connectivity index (χ0n) is 18.6. The van der Waals surface area contributed by atoms with E-state index < -0.39 is 47.0 Å². The fourth-order valence-electron chi connectivity index (χ4n) is 4.00. The predicted molar refractivity (Wildman–Crippen MR) is 116 cm³/mol. The van der Waals surface area contributed by atoms with Crippen molar-refractivity contribution in [2.45, 2.75) is 37.9 Å². The first-order valence-electron chi connectivity index (χ1n) is 10.5. The monoisotopic (exact) mass is 496 g/mol. The van der Waals surface area contributed by atoms with Crippen molar-refractivity contribution in [3.05, 3.63) is 47.8 Å². The highest BCUT2D eigenvalue weighted by atomic mass is 19.4. The van der Waals surface area contributed by atoms with Gasteiger partial charge >= 0.3 is 6.18 Å². The van der Waals surface area contributed by atoms with Crippen LogP contribution in [-0.4, -0.2) is 62.3 Å². The molecule has 0 spiro atoms. The number of amides is 2. The largest absolute Gasteiger partial charge is 0.418 e. The number of fused-ring (bicyclic) bond motifs is 1. The van der Waals surface area contributed by atoms with Crippen molar-refractivity contribution in [1.29, 1.82) is 0 Å². The third-order valence-corrected chi connectivity index (χ3v) is 5.67. The summed E-state index contributed by atoms with van der Waals surface area (Å²) in [5.41, 5.74) is 2.30. The Morgan fingerprint density at radius 3 is 2.51 bits per heavy atom. The molecule has 2 atom stereocenters. The number of nitrogen functional groups attached to an aromatic ring is 1. The normalized spacial score (nSPS) is 18.8. The minimum absolute atomic E-state index is 0.0160. The molecule has 35 heavy (non-hydrogen) atoms. The van der Waals surface area contributed by atoms with Gasteiger partial charge in [0, 0.05) is 17.7 Å². The molecular weight excluding hydrogens is 475 g/mol. The average molecular weight is 496 g/mol. The average Bonchev–Trinajstić information content (AvgIpc) is 3.34. The van der Waals surface area contributed by atoms with Gasteiger partial charge in [0.2, 0.25) is 0 Å². The van der Waals surface area contributed by atoms with Gasteiger partial charge in [-0.3, -0.25) is 9.59 Å². The number of nitrogens with two attached hydrogens (primary N) is 1. The Labute approximate surface area is 195 Å². The van der Waals surface area contributed by atoms with Gasteiger partial charge in [-0.15, -0.1) is 0 Å². The Bertz CT molecular complexity index is 1300. The molecule has 1 aromatic carbocycles. The Morgan fingerprint density at radius 1 is 1.14 bits per heavy atom. The lowest BCUT2D eigenvalue weighted by atomic mass is 10.1. The van der Waals surface area contributed by atoms with Crippen LogP contribution in [-0.2, 0) is 11.0 Å². The Kier molecular flexibility index (Phi) is 5.89. The number of hydrogen-bond donors (Lipinski definition) is 2. The predicted octanol–water partition coefficient (Wildman–Crippen LogP) is 3.02. The lowest BCUT2D eigenvalue weighted by molar-refractivity contribution is -0.141. The Balaban J connectivity index is 1.61. The van der Waals surface area contributed by atoms with Gasteiger partial charge in [-0.1, -0.05) is 12.1 Å². The molecule has 2 amide bonds. The van der Waals surface area contributed by atoms with Gasteiger partial charge < -0.3 is 16.0 Å². The van der Waals surface area contributed by atoms with Crippen LogP contribution in [0.4, 0.5) is 27.8 Å². The summed E-state index contributed by atoms with van der Waals surface area (Å²) < 4.78 is 70.1.